The number of hydrogen-bond donors (Lipinski definition) is 3. The molecule has 0 radical (unpaired) electrons. The lowest BCUT2D eigenvalue weighted by atomic mass is 10.3. The third-order valence-corrected chi connectivity index (χ3v) is 1.76. The number of H-pyrrole nitrogens is 2. The SMILES string of the molecule is CC(O)C#Cc1n[nH]c2nc[nH]c(=O)c12. The predicted octanol–water partition coefficient (Wildman–Crippen LogP) is -0.621. The second-order valence-electron chi connectivity index (χ2n) is 2.97. The summed E-state index contributed by atoms with van der Waals surface area (Å²) in [5, 5.41) is 15.7. The van der Waals surface area contributed by atoms with Crippen LogP contribution < -0.4 is 5.56 Å². The maximum absolute atomic E-state index is 11.4. The smallest absolute Gasteiger partial charge is 0.263 e. The monoisotopic (exact) mass is 204 g/mol. The molecule has 1 atom stereocenters. The zero-order valence-electron chi connectivity index (χ0n) is 7.90. The van der Waals surface area contributed by atoms with Gasteiger partial charge in [-0.25, -0.2) is 4.98 Å². The Bertz CT molecular complexity index is 600. The normalized spacial score (nSPS) is 12.1. The molecule has 3 N–H and O–H groups in total. The van der Waals surface area contributed by atoms with Crippen molar-refractivity contribution >= 4 is 11.0 Å². The van der Waals surface area contributed by atoms with Gasteiger partial charge >= 0.3 is 0 Å². The molecule has 2 aromatic rings. The standard InChI is InChI=1S/C9H8N4O2/c1-5(14)2-3-6-7-8(13-12-6)10-4-11-9(7)15/h4-5,14H,1H3,(H2,10,11,12,13,15). The van der Waals surface area contributed by atoms with Gasteiger partial charge in [-0.15, -0.1) is 0 Å². The molecule has 0 saturated carbocycles. The molecule has 0 aliphatic heterocycles. The molecule has 0 fully saturated rings. The Morgan fingerprint density at radius 1 is 1.60 bits per heavy atom. The van der Waals surface area contributed by atoms with Gasteiger partial charge in [-0.3, -0.25) is 9.89 Å². The van der Waals surface area contributed by atoms with Crippen LogP contribution in [0, 0.1) is 11.8 Å². The Morgan fingerprint density at radius 2 is 2.40 bits per heavy atom. The first-order valence-electron chi connectivity index (χ1n) is 4.30. The van der Waals surface area contributed by atoms with Crippen LogP contribution >= 0.6 is 0 Å². The molecule has 0 aliphatic rings. The van der Waals surface area contributed by atoms with Gasteiger partial charge in [0.05, 0.1) is 6.33 Å². The fourth-order valence-corrected chi connectivity index (χ4v) is 1.13. The third kappa shape index (κ3) is 1.73. The number of aromatic amines is 2. The first-order chi connectivity index (χ1) is 7.18. The average molecular weight is 204 g/mol. The highest BCUT2D eigenvalue weighted by Gasteiger charge is 2.07. The molecule has 6 nitrogen and oxygen atoms in total. The van der Waals surface area contributed by atoms with E-state index >= 15 is 0 Å². The number of fused-ring (bicyclic) bond motifs is 1. The third-order valence-electron chi connectivity index (χ3n) is 1.76. The molecule has 0 amide bonds. The summed E-state index contributed by atoms with van der Waals surface area (Å²) in [7, 11) is 0. The van der Waals surface area contributed by atoms with Crippen LogP contribution in [0.1, 0.15) is 12.6 Å². The molecule has 15 heavy (non-hydrogen) atoms. The molecular weight excluding hydrogens is 196 g/mol. The molecule has 0 aromatic carbocycles. The lowest BCUT2D eigenvalue weighted by Gasteiger charge is -1.87. The van der Waals surface area contributed by atoms with Crippen LogP contribution in [-0.2, 0) is 0 Å². The number of rotatable bonds is 0. The van der Waals surface area contributed by atoms with E-state index in [-0.39, 0.29) is 5.56 Å². The maximum atomic E-state index is 11.4. The highest BCUT2D eigenvalue weighted by molar-refractivity contribution is 5.79. The number of aliphatic hydroxyl groups excluding tert-OH is 1. The first kappa shape index (κ1) is 9.43. The van der Waals surface area contributed by atoms with E-state index in [1.54, 1.807) is 0 Å². The topological polar surface area (TPSA) is 94.7 Å². The van der Waals surface area contributed by atoms with E-state index in [0.29, 0.717) is 16.7 Å². The summed E-state index contributed by atoms with van der Waals surface area (Å²) in [4.78, 5) is 17.7. The van der Waals surface area contributed by atoms with E-state index in [0.717, 1.165) is 0 Å². The average Bonchev–Trinajstić information content (AvgIpc) is 2.59. The van der Waals surface area contributed by atoms with Crippen molar-refractivity contribution in [2.75, 3.05) is 0 Å². The van der Waals surface area contributed by atoms with E-state index in [1.165, 1.54) is 13.3 Å². The zero-order valence-corrected chi connectivity index (χ0v) is 7.90. The highest BCUT2D eigenvalue weighted by Crippen LogP contribution is 2.05. The van der Waals surface area contributed by atoms with Crippen LogP contribution in [0.25, 0.3) is 11.0 Å². The molecule has 76 valence electrons. The summed E-state index contributed by atoms with van der Waals surface area (Å²) in [6.45, 7) is 1.53. The van der Waals surface area contributed by atoms with Crippen molar-refractivity contribution in [1.82, 2.24) is 20.2 Å². The van der Waals surface area contributed by atoms with Crippen LogP contribution in [0.4, 0.5) is 0 Å². The lowest BCUT2D eigenvalue weighted by Crippen LogP contribution is -2.06. The minimum absolute atomic E-state index is 0.292. The molecular formula is C9H8N4O2. The summed E-state index contributed by atoms with van der Waals surface area (Å²) < 4.78 is 0. The van der Waals surface area contributed by atoms with Gasteiger partial charge in [-0.05, 0) is 12.8 Å². The zero-order chi connectivity index (χ0) is 10.8. The second-order valence-corrected chi connectivity index (χ2v) is 2.97. The van der Waals surface area contributed by atoms with E-state index in [4.69, 9.17) is 5.11 Å². The summed E-state index contributed by atoms with van der Waals surface area (Å²) in [6, 6.07) is 0. The molecule has 2 aromatic heterocycles. The van der Waals surface area contributed by atoms with Crippen molar-refractivity contribution < 1.29 is 5.11 Å². The maximum Gasteiger partial charge on any atom is 0.263 e. The Kier molecular flexibility index (Phi) is 2.23. The second kappa shape index (κ2) is 3.55. The van der Waals surface area contributed by atoms with Gasteiger partial charge < -0.3 is 10.1 Å². The summed E-state index contributed by atoms with van der Waals surface area (Å²) in [6.07, 6.45) is 0.529. The lowest BCUT2D eigenvalue weighted by molar-refractivity contribution is 0.253. The molecule has 0 spiro atoms. The van der Waals surface area contributed by atoms with Gasteiger partial charge in [-0.1, -0.05) is 5.92 Å². The number of hydrogen-bond acceptors (Lipinski definition) is 4. The fourth-order valence-electron chi connectivity index (χ4n) is 1.13. The number of nitrogens with one attached hydrogen (secondary N) is 2. The summed E-state index contributed by atoms with van der Waals surface area (Å²) >= 11 is 0. The molecule has 2 heterocycles. The van der Waals surface area contributed by atoms with E-state index < -0.39 is 6.10 Å². The van der Waals surface area contributed by atoms with Crippen molar-refractivity contribution in [3.05, 3.63) is 22.4 Å². The number of nitrogens with zero attached hydrogens (tertiary/aromatic N) is 2. The van der Waals surface area contributed by atoms with Gasteiger partial charge in [0, 0.05) is 0 Å². The molecule has 0 bridgehead atoms. The largest absolute Gasteiger partial charge is 0.381 e. The van der Waals surface area contributed by atoms with Crippen LogP contribution in [-0.4, -0.2) is 31.4 Å². The Labute approximate surface area is 84.4 Å². The Morgan fingerprint density at radius 3 is 3.13 bits per heavy atom. The van der Waals surface area contributed by atoms with Gasteiger partial charge in [0.15, 0.2) is 5.65 Å². The van der Waals surface area contributed by atoms with Crippen LogP contribution in [0.2, 0.25) is 0 Å². The van der Waals surface area contributed by atoms with Crippen molar-refractivity contribution in [3.63, 3.8) is 0 Å². The van der Waals surface area contributed by atoms with Crippen molar-refractivity contribution in [3.8, 4) is 11.8 Å². The van der Waals surface area contributed by atoms with E-state index in [9.17, 15) is 4.79 Å². The Hall–Kier alpha value is -2.13. The van der Waals surface area contributed by atoms with Crippen molar-refractivity contribution in [2.24, 2.45) is 0 Å². The van der Waals surface area contributed by atoms with Gasteiger partial charge in [0.2, 0.25) is 0 Å². The van der Waals surface area contributed by atoms with Crippen LogP contribution in [0.5, 0.6) is 0 Å². The van der Waals surface area contributed by atoms with E-state index in [2.05, 4.69) is 32.0 Å². The predicted molar refractivity (Wildman–Crippen MR) is 53.1 cm³/mol. The summed E-state index contributed by atoms with van der Waals surface area (Å²) in [5.41, 5.74) is 0.373. The Balaban J connectivity index is 2.65. The summed E-state index contributed by atoms with van der Waals surface area (Å²) in [5.74, 6) is 5.12. The number of aromatic nitrogens is 4. The molecule has 2 rings (SSSR count). The van der Waals surface area contributed by atoms with Gasteiger partial charge in [0.25, 0.3) is 5.56 Å². The molecule has 6 heteroatoms. The molecule has 0 saturated heterocycles. The van der Waals surface area contributed by atoms with Crippen molar-refractivity contribution in [2.45, 2.75) is 13.0 Å². The first-order valence-corrected chi connectivity index (χ1v) is 4.30. The van der Waals surface area contributed by atoms with Crippen LogP contribution in [0.3, 0.4) is 0 Å². The molecule has 1 unspecified atom stereocenters. The number of aliphatic hydroxyl groups is 1. The van der Waals surface area contributed by atoms with Crippen molar-refractivity contribution in [1.29, 1.82) is 0 Å². The minimum atomic E-state index is -0.757. The molecule has 0 aliphatic carbocycles. The fraction of sp³-hybridized carbons (Fsp3) is 0.222. The quantitative estimate of drug-likeness (QED) is 0.498. The minimum Gasteiger partial charge on any atom is -0.381 e. The van der Waals surface area contributed by atoms with E-state index in [1.807, 2.05) is 0 Å². The van der Waals surface area contributed by atoms with Crippen LogP contribution in [0.15, 0.2) is 11.1 Å². The van der Waals surface area contributed by atoms with Gasteiger partial charge in [-0.2, -0.15) is 5.10 Å². The highest BCUT2D eigenvalue weighted by atomic mass is 16.3. The van der Waals surface area contributed by atoms with Gasteiger partial charge in [0.1, 0.15) is 17.2 Å².